The van der Waals surface area contributed by atoms with Gasteiger partial charge in [0.05, 0.1) is 5.69 Å². The van der Waals surface area contributed by atoms with Crippen LogP contribution in [-0.2, 0) is 6.54 Å². The molecule has 1 N–H and O–H groups in total. The highest BCUT2D eigenvalue weighted by atomic mass is 15.1. The number of anilines is 1. The molecule has 2 rings (SSSR count). The Hall–Kier alpha value is -1.09. The van der Waals surface area contributed by atoms with Gasteiger partial charge in [-0.3, -0.25) is 4.98 Å². The molecule has 0 amide bonds. The molecule has 3 nitrogen and oxygen atoms in total. The van der Waals surface area contributed by atoms with Crippen molar-refractivity contribution >= 4 is 5.69 Å². The minimum absolute atomic E-state index is 0.748. The van der Waals surface area contributed by atoms with E-state index in [2.05, 4.69) is 41.2 Å². The fourth-order valence-corrected chi connectivity index (χ4v) is 2.03. The van der Waals surface area contributed by atoms with E-state index in [1.165, 1.54) is 24.9 Å². The van der Waals surface area contributed by atoms with Crippen LogP contribution in [0, 0.1) is 0 Å². The van der Waals surface area contributed by atoms with Crippen LogP contribution >= 0.6 is 0 Å². The van der Waals surface area contributed by atoms with Crippen molar-refractivity contribution in [1.82, 2.24) is 10.3 Å². The van der Waals surface area contributed by atoms with Crippen LogP contribution in [0.15, 0.2) is 18.3 Å². The summed E-state index contributed by atoms with van der Waals surface area (Å²) in [4.78, 5) is 6.83. The Morgan fingerprint density at radius 2 is 2.24 bits per heavy atom. The molecule has 0 saturated heterocycles. The van der Waals surface area contributed by atoms with Crippen LogP contribution in [-0.4, -0.2) is 24.1 Å². The summed E-state index contributed by atoms with van der Waals surface area (Å²) in [6, 6.07) is 5.08. The van der Waals surface area contributed by atoms with E-state index in [0.717, 1.165) is 31.4 Å². The number of rotatable bonds is 7. The van der Waals surface area contributed by atoms with Crippen LogP contribution in [0.1, 0.15) is 38.8 Å². The van der Waals surface area contributed by atoms with Crippen molar-refractivity contribution in [1.29, 1.82) is 0 Å². The van der Waals surface area contributed by atoms with Crippen molar-refractivity contribution in [3.63, 3.8) is 0 Å². The zero-order chi connectivity index (χ0) is 12.1. The summed E-state index contributed by atoms with van der Waals surface area (Å²) >= 11 is 0. The van der Waals surface area contributed by atoms with Gasteiger partial charge in [0.25, 0.3) is 0 Å². The highest BCUT2D eigenvalue weighted by Gasteiger charge is 2.20. The normalized spacial score (nSPS) is 14.9. The lowest BCUT2D eigenvalue weighted by Crippen LogP contribution is -2.24. The lowest BCUT2D eigenvalue weighted by atomic mass is 10.2. The van der Waals surface area contributed by atoms with E-state index in [1.807, 2.05) is 6.20 Å². The number of nitrogens with zero attached hydrogens (tertiary/aromatic N) is 2. The molecular formula is C14H23N3. The maximum Gasteiger partial charge on any atom is 0.0562 e. The molecule has 1 fully saturated rings. The Kier molecular flexibility index (Phi) is 4.37. The molecule has 0 bridgehead atoms. The maximum absolute atomic E-state index is 4.43. The highest BCUT2D eigenvalue weighted by molar-refractivity contribution is 5.46. The molecule has 1 heterocycles. The van der Waals surface area contributed by atoms with Gasteiger partial charge < -0.3 is 10.2 Å². The lowest BCUT2D eigenvalue weighted by molar-refractivity contribution is 0.673. The second-order valence-corrected chi connectivity index (χ2v) is 4.74. The Morgan fingerprint density at radius 1 is 1.41 bits per heavy atom. The van der Waals surface area contributed by atoms with Crippen LogP contribution in [0.2, 0.25) is 0 Å². The van der Waals surface area contributed by atoms with Gasteiger partial charge >= 0.3 is 0 Å². The van der Waals surface area contributed by atoms with Crippen LogP contribution < -0.4 is 10.2 Å². The summed E-state index contributed by atoms with van der Waals surface area (Å²) in [6.07, 6.45) is 5.77. The van der Waals surface area contributed by atoms with Gasteiger partial charge in [0.1, 0.15) is 0 Å². The standard InChI is InChI=1S/C14H23N3/c1-3-9-17(4-2)14-7-8-15-13(10-14)11-16-12-5-6-12/h7-8,10,12,16H,3-6,9,11H2,1-2H3. The fourth-order valence-electron chi connectivity index (χ4n) is 2.03. The van der Waals surface area contributed by atoms with Crippen molar-refractivity contribution in [2.75, 3.05) is 18.0 Å². The zero-order valence-corrected chi connectivity index (χ0v) is 10.9. The highest BCUT2D eigenvalue weighted by Crippen LogP contribution is 2.20. The summed E-state index contributed by atoms with van der Waals surface area (Å²) in [5, 5.41) is 3.51. The van der Waals surface area contributed by atoms with Gasteiger partial charge in [0.2, 0.25) is 0 Å². The summed E-state index contributed by atoms with van der Waals surface area (Å²) < 4.78 is 0. The van der Waals surface area contributed by atoms with E-state index in [4.69, 9.17) is 0 Å². The monoisotopic (exact) mass is 233 g/mol. The third-order valence-electron chi connectivity index (χ3n) is 3.19. The summed E-state index contributed by atoms with van der Waals surface area (Å²) in [6.45, 7) is 7.52. The quantitative estimate of drug-likeness (QED) is 0.784. The van der Waals surface area contributed by atoms with Crippen molar-refractivity contribution in [2.24, 2.45) is 0 Å². The SMILES string of the molecule is CCCN(CC)c1ccnc(CNC2CC2)c1. The first kappa shape index (κ1) is 12.4. The largest absolute Gasteiger partial charge is 0.372 e. The third-order valence-corrected chi connectivity index (χ3v) is 3.19. The van der Waals surface area contributed by atoms with E-state index in [0.29, 0.717) is 0 Å². The first-order valence-electron chi connectivity index (χ1n) is 6.76. The summed E-state index contributed by atoms with van der Waals surface area (Å²) in [5.41, 5.74) is 2.46. The van der Waals surface area contributed by atoms with Crippen LogP contribution in [0.4, 0.5) is 5.69 Å². The summed E-state index contributed by atoms with van der Waals surface area (Å²) in [7, 11) is 0. The van der Waals surface area contributed by atoms with Gasteiger partial charge in [-0.1, -0.05) is 6.92 Å². The minimum atomic E-state index is 0.748. The van der Waals surface area contributed by atoms with Gasteiger partial charge in [-0.15, -0.1) is 0 Å². The first-order valence-corrected chi connectivity index (χ1v) is 6.76. The zero-order valence-electron chi connectivity index (χ0n) is 10.9. The van der Waals surface area contributed by atoms with E-state index in [9.17, 15) is 0 Å². The topological polar surface area (TPSA) is 28.2 Å². The second-order valence-electron chi connectivity index (χ2n) is 4.74. The average molecular weight is 233 g/mol. The first-order chi connectivity index (χ1) is 8.33. The van der Waals surface area contributed by atoms with E-state index in [1.54, 1.807) is 0 Å². The molecule has 1 aliphatic carbocycles. The molecule has 1 aromatic heterocycles. The molecular weight excluding hydrogens is 210 g/mol. The molecule has 17 heavy (non-hydrogen) atoms. The van der Waals surface area contributed by atoms with Gasteiger partial charge in [-0.25, -0.2) is 0 Å². The number of hydrogen-bond acceptors (Lipinski definition) is 3. The Bertz CT molecular complexity index is 347. The molecule has 94 valence electrons. The predicted octanol–water partition coefficient (Wildman–Crippen LogP) is 2.57. The van der Waals surface area contributed by atoms with Crippen LogP contribution in [0.5, 0.6) is 0 Å². The second kappa shape index (κ2) is 6.01. The van der Waals surface area contributed by atoms with Gasteiger partial charge in [-0.05, 0) is 38.3 Å². The van der Waals surface area contributed by atoms with Gasteiger partial charge in [0, 0.05) is 37.6 Å². The Labute approximate surface area is 104 Å². The predicted molar refractivity (Wildman–Crippen MR) is 72.3 cm³/mol. The molecule has 1 saturated carbocycles. The van der Waals surface area contributed by atoms with Crippen LogP contribution in [0.3, 0.4) is 0 Å². The van der Waals surface area contributed by atoms with E-state index in [-0.39, 0.29) is 0 Å². The van der Waals surface area contributed by atoms with Crippen LogP contribution in [0.25, 0.3) is 0 Å². The van der Waals surface area contributed by atoms with Crippen molar-refractivity contribution < 1.29 is 0 Å². The van der Waals surface area contributed by atoms with Crippen molar-refractivity contribution in [2.45, 2.75) is 45.7 Å². The number of aromatic nitrogens is 1. The molecule has 1 aromatic rings. The van der Waals surface area contributed by atoms with Crippen molar-refractivity contribution in [3.8, 4) is 0 Å². The molecule has 0 aliphatic heterocycles. The van der Waals surface area contributed by atoms with Gasteiger partial charge in [0.15, 0.2) is 0 Å². The average Bonchev–Trinajstić information content (AvgIpc) is 3.18. The number of pyridine rings is 1. The molecule has 3 heteroatoms. The fraction of sp³-hybridized carbons (Fsp3) is 0.643. The Balaban J connectivity index is 1.97. The molecule has 0 aromatic carbocycles. The minimum Gasteiger partial charge on any atom is -0.372 e. The smallest absolute Gasteiger partial charge is 0.0562 e. The van der Waals surface area contributed by atoms with E-state index < -0.39 is 0 Å². The lowest BCUT2D eigenvalue weighted by Gasteiger charge is -2.22. The molecule has 0 spiro atoms. The van der Waals surface area contributed by atoms with E-state index >= 15 is 0 Å². The summed E-state index contributed by atoms with van der Waals surface area (Å²) in [5.74, 6) is 0. The Morgan fingerprint density at radius 3 is 2.88 bits per heavy atom. The maximum atomic E-state index is 4.43. The molecule has 1 aliphatic rings. The molecule has 0 unspecified atom stereocenters. The number of hydrogen-bond donors (Lipinski definition) is 1. The molecule has 0 radical (unpaired) electrons. The van der Waals surface area contributed by atoms with Crippen molar-refractivity contribution in [3.05, 3.63) is 24.0 Å². The number of nitrogens with one attached hydrogen (secondary N) is 1. The molecule has 0 atom stereocenters. The van der Waals surface area contributed by atoms with Gasteiger partial charge in [-0.2, -0.15) is 0 Å². The third kappa shape index (κ3) is 3.70.